The Morgan fingerprint density at radius 2 is 1.97 bits per heavy atom. The van der Waals surface area contributed by atoms with Gasteiger partial charge in [-0.05, 0) is 97.0 Å². The van der Waals surface area contributed by atoms with E-state index < -0.39 is 0 Å². The van der Waals surface area contributed by atoms with Crippen LogP contribution >= 0.6 is 11.8 Å². The van der Waals surface area contributed by atoms with E-state index in [0.717, 1.165) is 56.0 Å². The maximum absolute atomic E-state index is 13.2. The molecular formula is C31H32N4OS. The maximum atomic E-state index is 13.2. The van der Waals surface area contributed by atoms with Gasteiger partial charge in [0.2, 0.25) is 0 Å². The van der Waals surface area contributed by atoms with Crippen molar-refractivity contribution in [3.05, 3.63) is 83.8 Å². The van der Waals surface area contributed by atoms with Crippen LogP contribution in [0, 0.1) is 23.2 Å². The second kappa shape index (κ2) is 9.82. The molecule has 3 saturated carbocycles. The molecule has 0 aliphatic heterocycles. The van der Waals surface area contributed by atoms with E-state index >= 15 is 0 Å². The molecule has 2 aromatic carbocycles. The molecule has 2 bridgehead atoms. The molecule has 0 saturated heterocycles. The Morgan fingerprint density at radius 1 is 1.11 bits per heavy atom. The highest BCUT2D eigenvalue weighted by Gasteiger charge is 2.53. The van der Waals surface area contributed by atoms with Crippen molar-refractivity contribution in [1.29, 1.82) is 0 Å². The minimum atomic E-state index is 0.0203. The number of fused-ring (bicyclic) bond motifs is 3. The fraction of sp³-hybridized carbons (Fsp3) is 0.323. The van der Waals surface area contributed by atoms with E-state index in [4.69, 9.17) is 0 Å². The second-order valence-electron chi connectivity index (χ2n) is 10.9. The molecule has 2 N–H and O–H groups in total. The summed E-state index contributed by atoms with van der Waals surface area (Å²) in [6.07, 6.45) is 9.58. The zero-order valence-corrected chi connectivity index (χ0v) is 22.1. The summed E-state index contributed by atoms with van der Waals surface area (Å²) in [7, 11) is 0. The van der Waals surface area contributed by atoms with Crippen LogP contribution < -0.4 is 5.32 Å². The number of amides is 1. The van der Waals surface area contributed by atoms with Gasteiger partial charge in [0, 0.05) is 27.9 Å². The van der Waals surface area contributed by atoms with Crippen molar-refractivity contribution in [1.82, 2.24) is 20.5 Å². The number of pyridine rings is 1. The number of H-pyrrole nitrogens is 1. The number of hydrogen-bond donors (Lipinski definition) is 2. The third kappa shape index (κ3) is 4.71. The van der Waals surface area contributed by atoms with Crippen molar-refractivity contribution in [3.8, 4) is 0 Å². The third-order valence-corrected chi connectivity index (χ3v) is 9.61. The van der Waals surface area contributed by atoms with Crippen LogP contribution in [-0.4, -0.2) is 27.6 Å². The average Bonchev–Trinajstić information content (AvgIpc) is 3.33. The average molecular weight is 509 g/mol. The Kier molecular flexibility index (Phi) is 6.37. The quantitative estimate of drug-likeness (QED) is 0.280. The van der Waals surface area contributed by atoms with Crippen LogP contribution in [0.4, 0.5) is 0 Å². The fourth-order valence-corrected chi connectivity index (χ4v) is 7.23. The molecule has 3 fully saturated rings. The summed E-state index contributed by atoms with van der Waals surface area (Å²) in [6, 6.07) is 20.0. The van der Waals surface area contributed by atoms with Crippen LogP contribution in [0.5, 0.6) is 0 Å². The number of hydrogen-bond acceptors (Lipinski definition) is 4. The Hall–Kier alpha value is -3.38. The van der Waals surface area contributed by atoms with Crippen molar-refractivity contribution in [2.24, 2.45) is 23.2 Å². The Morgan fingerprint density at radius 3 is 2.78 bits per heavy atom. The lowest BCUT2D eigenvalue weighted by Crippen LogP contribution is -2.54. The predicted molar refractivity (Wildman–Crippen MR) is 150 cm³/mol. The Labute approximate surface area is 222 Å². The number of nitrogens with one attached hydrogen (secondary N) is 2. The molecule has 6 heteroatoms. The molecule has 37 heavy (non-hydrogen) atoms. The van der Waals surface area contributed by atoms with Crippen LogP contribution in [0.25, 0.3) is 23.1 Å². The third-order valence-electron chi connectivity index (χ3n) is 8.55. The van der Waals surface area contributed by atoms with E-state index in [9.17, 15) is 4.79 Å². The molecule has 0 spiro atoms. The van der Waals surface area contributed by atoms with Gasteiger partial charge in [0.05, 0.1) is 22.5 Å². The second-order valence-corrected chi connectivity index (χ2v) is 12.0. The number of rotatable bonds is 7. The van der Waals surface area contributed by atoms with Gasteiger partial charge in [0.1, 0.15) is 0 Å². The van der Waals surface area contributed by atoms with Crippen LogP contribution in [0.3, 0.4) is 0 Å². The molecule has 2 unspecified atom stereocenters. The summed E-state index contributed by atoms with van der Waals surface area (Å²) < 4.78 is 0. The number of benzene rings is 2. The first-order valence-corrected chi connectivity index (χ1v) is 13.9. The minimum Gasteiger partial charge on any atom is -0.352 e. The standard InChI is InChI=1S/C31H32N4OS/c1-31(2)21-11-10-20(26(31)17-21)19-33-30(36)25-8-3-4-9-29(25)37-23-13-14-24-27(34-35-28(24)18-23)15-12-22-7-5-6-16-32-22/h3-9,12-16,18,20-21,26H,10-11,17,19H2,1-2H3,(H,33,36)(H,34,35)/b15-12+/t20-,21?,26?/m1/s1. The summed E-state index contributed by atoms with van der Waals surface area (Å²) >= 11 is 1.61. The van der Waals surface area contributed by atoms with Gasteiger partial charge in [-0.3, -0.25) is 14.9 Å². The molecule has 5 nitrogen and oxygen atoms in total. The number of carbonyl (C=O) groups excluding carboxylic acids is 1. The summed E-state index contributed by atoms with van der Waals surface area (Å²) in [4.78, 5) is 19.6. The van der Waals surface area contributed by atoms with E-state index in [-0.39, 0.29) is 5.91 Å². The van der Waals surface area contributed by atoms with Crippen molar-refractivity contribution < 1.29 is 4.79 Å². The van der Waals surface area contributed by atoms with Crippen molar-refractivity contribution in [2.75, 3.05) is 6.54 Å². The smallest absolute Gasteiger partial charge is 0.252 e. The molecule has 3 aliphatic carbocycles. The number of aromatic amines is 1. The predicted octanol–water partition coefficient (Wildman–Crippen LogP) is 7.08. The summed E-state index contributed by atoms with van der Waals surface area (Å²) in [6.45, 7) is 5.58. The SMILES string of the molecule is CC1(C)C2CC[C@H](CNC(=O)c3ccccc3Sc3ccc4c(/C=C/c5ccccn5)n[nH]c4c3)C1C2. The van der Waals surface area contributed by atoms with Crippen molar-refractivity contribution in [2.45, 2.75) is 42.9 Å². The number of nitrogens with zero attached hydrogens (tertiary/aromatic N) is 2. The first-order valence-electron chi connectivity index (χ1n) is 13.1. The van der Waals surface area contributed by atoms with Gasteiger partial charge >= 0.3 is 0 Å². The molecule has 188 valence electrons. The van der Waals surface area contributed by atoms with Gasteiger partial charge in [-0.1, -0.05) is 43.8 Å². The van der Waals surface area contributed by atoms with E-state index in [1.165, 1.54) is 19.3 Å². The highest BCUT2D eigenvalue weighted by Crippen LogP contribution is 2.61. The van der Waals surface area contributed by atoms with Gasteiger partial charge in [-0.15, -0.1) is 0 Å². The maximum Gasteiger partial charge on any atom is 0.252 e. The van der Waals surface area contributed by atoms with Crippen molar-refractivity contribution >= 4 is 40.7 Å². The Bertz CT molecular complexity index is 1460. The van der Waals surface area contributed by atoms with Gasteiger partial charge in [-0.2, -0.15) is 5.10 Å². The minimum absolute atomic E-state index is 0.0203. The molecule has 3 atom stereocenters. The monoisotopic (exact) mass is 508 g/mol. The van der Waals surface area contributed by atoms with Gasteiger partial charge in [-0.25, -0.2) is 0 Å². The highest BCUT2D eigenvalue weighted by molar-refractivity contribution is 7.99. The van der Waals surface area contributed by atoms with E-state index in [0.29, 0.717) is 11.3 Å². The first kappa shape index (κ1) is 24.0. The fourth-order valence-electron chi connectivity index (χ4n) is 6.25. The lowest BCUT2D eigenvalue weighted by atomic mass is 9.45. The molecular weight excluding hydrogens is 476 g/mol. The lowest BCUT2D eigenvalue weighted by molar-refractivity contribution is -0.103. The molecule has 2 heterocycles. The van der Waals surface area contributed by atoms with Crippen LogP contribution in [0.2, 0.25) is 0 Å². The highest BCUT2D eigenvalue weighted by atomic mass is 32.2. The first-order chi connectivity index (χ1) is 18.0. The zero-order valence-electron chi connectivity index (χ0n) is 21.3. The molecule has 1 amide bonds. The summed E-state index contributed by atoms with van der Waals surface area (Å²) in [5.74, 6) is 2.22. The largest absolute Gasteiger partial charge is 0.352 e. The molecule has 0 radical (unpaired) electrons. The molecule has 7 rings (SSSR count). The molecule has 2 aromatic heterocycles. The van der Waals surface area contributed by atoms with Gasteiger partial charge in [0.25, 0.3) is 5.91 Å². The molecule has 4 aromatic rings. The number of carbonyl (C=O) groups is 1. The summed E-state index contributed by atoms with van der Waals surface area (Å²) in [5.41, 5.74) is 3.90. The lowest BCUT2D eigenvalue weighted by Gasteiger charge is -2.60. The normalized spacial score (nSPS) is 22.2. The van der Waals surface area contributed by atoms with E-state index in [2.05, 4.69) is 52.5 Å². The van der Waals surface area contributed by atoms with Gasteiger partial charge in [0.15, 0.2) is 0 Å². The number of aromatic nitrogens is 3. The van der Waals surface area contributed by atoms with E-state index in [1.807, 2.05) is 54.6 Å². The van der Waals surface area contributed by atoms with Gasteiger partial charge < -0.3 is 5.32 Å². The zero-order chi connectivity index (χ0) is 25.4. The molecule has 3 aliphatic rings. The topological polar surface area (TPSA) is 70.7 Å². The Balaban J connectivity index is 1.15. The van der Waals surface area contributed by atoms with Crippen LogP contribution in [-0.2, 0) is 0 Å². The van der Waals surface area contributed by atoms with E-state index in [1.54, 1.807) is 18.0 Å². The summed E-state index contributed by atoms with van der Waals surface area (Å²) in [5, 5.41) is 11.9. The van der Waals surface area contributed by atoms with Crippen LogP contribution in [0.15, 0.2) is 76.7 Å². The van der Waals surface area contributed by atoms with Crippen molar-refractivity contribution in [3.63, 3.8) is 0 Å². The van der Waals surface area contributed by atoms with Crippen LogP contribution in [0.1, 0.15) is 54.9 Å².